The number of aromatic nitrogens is 1. The van der Waals surface area contributed by atoms with E-state index in [4.69, 9.17) is 4.74 Å². The van der Waals surface area contributed by atoms with Crippen LogP contribution in [0.1, 0.15) is 43.6 Å². The Balaban J connectivity index is 0.00000225. The van der Waals surface area contributed by atoms with E-state index in [1.807, 2.05) is 26.0 Å². The zero-order chi connectivity index (χ0) is 19.0. The van der Waals surface area contributed by atoms with Crippen LogP contribution in [-0.2, 0) is 4.79 Å². The van der Waals surface area contributed by atoms with Crippen LogP contribution in [0.25, 0.3) is 11.1 Å². The molecule has 2 aliphatic rings. The number of aryl methyl sites for hydroxylation is 1. The first-order valence-corrected chi connectivity index (χ1v) is 9.48. The van der Waals surface area contributed by atoms with Crippen molar-refractivity contribution >= 4 is 18.3 Å². The molecule has 0 bridgehead atoms. The molecule has 5 nitrogen and oxygen atoms in total. The molecule has 1 spiro atoms. The highest BCUT2D eigenvalue weighted by Gasteiger charge is 2.48. The van der Waals surface area contributed by atoms with Crippen LogP contribution in [0.5, 0.6) is 5.75 Å². The smallest absolute Gasteiger partial charge is 0.240 e. The average Bonchev–Trinajstić information content (AvgIpc) is 3.24. The molecule has 28 heavy (non-hydrogen) atoms. The van der Waals surface area contributed by atoms with Gasteiger partial charge in [0.05, 0.1) is 18.3 Å². The van der Waals surface area contributed by atoms with Gasteiger partial charge in [0.1, 0.15) is 17.1 Å². The van der Waals surface area contributed by atoms with Gasteiger partial charge in [-0.05, 0) is 69.0 Å². The predicted octanol–water partition coefficient (Wildman–Crippen LogP) is 3.70. The molecule has 2 aromatic rings. The molecule has 1 aromatic heterocycles. The van der Waals surface area contributed by atoms with E-state index < -0.39 is 5.54 Å². The maximum atomic E-state index is 14.5. The summed E-state index contributed by atoms with van der Waals surface area (Å²) in [5.74, 6) is 0.430. The lowest BCUT2D eigenvalue weighted by atomic mass is 9.96. The van der Waals surface area contributed by atoms with Gasteiger partial charge >= 0.3 is 0 Å². The summed E-state index contributed by atoms with van der Waals surface area (Å²) in [5.41, 5.74) is 2.47. The van der Waals surface area contributed by atoms with Gasteiger partial charge in [-0.2, -0.15) is 0 Å². The van der Waals surface area contributed by atoms with E-state index in [2.05, 4.69) is 15.6 Å². The number of halogens is 2. The molecule has 2 atom stereocenters. The van der Waals surface area contributed by atoms with Crippen molar-refractivity contribution in [1.82, 2.24) is 15.6 Å². The fraction of sp³-hybridized carbons (Fsp3) is 0.429. The normalized spacial score (nSPS) is 23.5. The van der Waals surface area contributed by atoms with Gasteiger partial charge in [0.25, 0.3) is 0 Å². The fourth-order valence-corrected chi connectivity index (χ4v) is 4.15. The molecule has 150 valence electrons. The number of carbonyl (C=O) groups is 1. The lowest BCUT2D eigenvalue weighted by Gasteiger charge is -2.22. The van der Waals surface area contributed by atoms with Crippen LogP contribution in [0, 0.1) is 12.7 Å². The standard InChI is InChI=1S/C21H24FN3O2.ClH/c1-3-27-15-4-5-17(22)16(12-15)14-10-13(2)24-19(11-14)18-6-7-21(25-18)8-9-23-20(21)26;/h4-5,10-12,18,25H,3,6-9H2,1-2H3,(H,23,26);1H/t18-,21+;/m1./s1. The molecule has 2 fully saturated rings. The highest BCUT2D eigenvalue weighted by Crippen LogP contribution is 2.38. The number of rotatable bonds is 4. The number of hydrogen-bond acceptors (Lipinski definition) is 4. The summed E-state index contributed by atoms with van der Waals surface area (Å²) in [6.45, 7) is 5.05. The van der Waals surface area contributed by atoms with Crippen LogP contribution in [0.4, 0.5) is 4.39 Å². The summed E-state index contributed by atoms with van der Waals surface area (Å²) >= 11 is 0. The van der Waals surface area contributed by atoms with Crippen LogP contribution in [0.15, 0.2) is 30.3 Å². The Morgan fingerprint density at radius 1 is 1.29 bits per heavy atom. The minimum absolute atomic E-state index is 0. The van der Waals surface area contributed by atoms with Gasteiger partial charge in [-0.15, -0.1) is 12.4 Å². The Kier molecular flexibility index (Phi) is 5.91. The second-order valence-electron chi connectivity index (χ2n) is 7.32. The molecule has 3 heterocycles. The van der Waals surface area contributed by atoms with Crippen molar-refractivity contribution in [2.75, 3.05) is 13.2 Å². The molecule has 0 aliphatic carbocycles. The van der Waals surface area contributed by atoms with Crippen molar-refractivity contribution in [2.45, 2.75) is 44.7 Å². The third-order valence-electron chi connectivity index (χ3n) is 5.47. The number of carbonyl (C=O) groups excluding carboxylic acids is 1. The van der Waals surface area contributed by atoms with Crippen LogP contribution >= 0.6 is 12.4 Å². The Morgan fingerprint density at radius 2 is 2.11 bits per heavy atom. The zero-order valence-corrected chi connectivity index (χ0v) is 16.9. The fourth-order valence-electron chi connectivity index (χ4n) is 4.15. The van der Waals surface area contributed by atoms with Gasteiger partial charge in [-0.1, -0.05) is 0 Å². The van der Waals surface area contributed by atoms with Crippen LogP contribution < -0.4 is 15.4 Å². The van der Waals surface area contributed by atoms with Gasteiger partial charge in [-0.25, -0.2) is 4.39 Å². The first-order valence-electron chi connectivity index (χ1n) is 9.48. The number of hydrogen-bond donors (Lipinski definition) is 2. The first kappa shape index (κ1) is 20.6. The highest BCUT2D eigenvalue weighted by molar-refractivity contribution is 5.88. The zero-order valence-electron chi connectivity index (χ0n) is 16.0. The molecule has 2 aliphatic heterocycles. The van der Waals surface area contributed by atoms with E-state index in [9.17, 15) is 9.18 Å². The van der Waals surface area contributed by atoms with Crippen molar-refractivity contribution < 1.29 is 13.9 Å². The molecular formula is C21H25ClFN3O2. The molecule has 0 radical (unpaired) electrons. The molecule has 2 N–H and O–H groups in total. The summed E-state index contributed by atoms with van der Waals surface area (Å²) in [5, 5.41) is 6.40. The lowest BCUT2D eigenvalue weighted by molar-refractivity contribution is -0.124. The van der Waals surface area contributed by atoms with Crippen molar-refractivity contribution in [1.29, 1.82) is 0 Å². The number of nitrogens with zero attached hydrogens (tertiary/aromatic N) is 1. The number of nitrogens with one attached hydrogen (secondary N) is 2. The van der Waals surface area contributed by atoms with Gasteiger partial charge in [0.15, 0.2) is 0 Å². The third-order valence-corrected chi connectivity index (χ3v) is 5.47. The largest absolute Gasteiger partial charge is 0.494 e. The van der Waals surface area contributed by atoms with Gasteiger partial charge in [0.2, 0.25) is 5.91 Å². The number of amides is 1. The summed E-state index contributed by atoms with van der Waals surface area (Å²) in [6.07, 6.45) is 2.43. The maximum absolute atomic E-state index is 14.5. The van der Waals surface area contributed by atoms with E-state index in [1.54, 1.807) is 12.1 Å². The molecule has 1 amide bonds. The summed E-state index contributed by atoms with van der Waals surface area (Å²) in [4.78, 5) is 16.9. The molecule has 4 rings (SSSR count). The quantitative estimate of drug-likeness (QED) is 0.814. The summed E-state index contributed by atoms with van der Waals surface area (Å²) in [7, 11) is 0. The summed E-state index contributed by atoms with van der Waals surface area (Å²) < 4.78 is 20.0. The molecule has 0 saturated carbocycles. The second-order valence-corrected chi connectivity index (χ2v) is 7.32. The van der Waals surface area contributed by atoms with Crippen molar-refractivity contribution in [3.05, 3.63) is 47.5 Å². The van der Waals surface area contributed by atoms with Crippen LogP contribution in [-0.4, -0.2) is 29.6 Å². The maximum Gasteiger partial charge on any atom is 0.240 e. The Bertz CT molecular complexity index is 892. The minimum Gasteiger partial charge on any atom is -0.494 e. The third kappa shape index (κ3) is 3.71. The van der Waals surface area contributed by atoms with Gasteiger partial charge < -0.3 is 10.1 Å². The molecule has 2 saturated heterocycles. The molecule has 1 aromatic carbocycles. The number of ether oxygens (including phenoxy) is 1. The number of benzene rings is 1. The molecule has 7 heteroatoms. The second kappa shape index (κ2) is 8.05. The van der Waals surface area contributed by atoms with E-state index in [0.29, 0.717) is 24.5 Å². The van der Waals surface area contributed by atoms with Gasteiger partial charge in [-0.3, -0.25) is 15.1 Å². The monoisotopic (exact) mass is 405 g/mol. The SMILES string of the molecule is CCOc1ccc(F)c(-c2cc(C)nc([C@H]3CC[C@@]4(CCNC4=O)N3)c2)c1.Cl. The average molecular weight is 406 g/mol. The van der Waals surface area contributed by atoms with E-state index >= 15 is 0 Å². The Hall–Kier alpha value is -2.18. The lowest BCUT2D eigenvalue weighted by Crippen LogP contribution is -2.47. The number of pyridine rings is 1. The highest BCUT2D eigenvalue weighted by atomic mass is 35.5. The minimum atomic E-state index is -0.476. The van der Waals surface area contributed by atoms with E-state index in [-0.39, 0.29) is 30.2 Å². The van der Waals surface area contributed by atoms with Crippen LogP contribution in [0.3, 0.4) is 0 Å². The Morgan fingerprint density at radius 3 is 2.82 bits per heavy atom. The van der Waals surface area contributed by atoms with Crippen molar-refractivity contribution in [3.8, 4) is 16.9 Å². The van der Waals surface area contributed by atoms with E-state index in [1.165, 1.54) is 6.07 Å². The van der Waals surface area contributed by atoms with E-state index in [0.717, 1.165) is 36.2 Å². The van der Waals surface area contributed by atoms with Gasteiger partial charge in [0, 0.05) is 17.8 Å². The summed E-state index contributed by atoms with van der Waals surface area (Å²) in [6, 6.07) is 8.59. The predicted molar refractivity (Wildman–Crippen MR) is 108 cm³/mol. The van der Waals surface area contributed by atoms with Crippen molar-refractivity contribution in [2.24, 2.45) is 0 Å². The molecular weight excluding hydrogens is 381 g/mol. The Labute approximate surface area is 170 Å². The van der Waals surface area contributed by atoms with Crippen LogP contribution in [0.2, 0.25) is 0 Å². The topological polar surface area (TPSA) is 63.2 Å². The molecule has 0 unspecified atom stereocenters. The first-order chi connectivity index (χ1) is 13.0. The van der Waals surface area contributed by atoms with Crippen molar-refractivity contribution in [3.63, 3.8) is 0 Å².